The van der Waals surface area contributed by atoms with E-state index >= 15 is 0 Å². The molecule has 0 bridgehead atoms. The fourth-order valence-electron chi connectivity index (χ4n) is 1.53. The van der Waals surface area contributed by atoms with Gasteiger partial charge < -0.3 is 14.7 Å². The van der Waals surface area contributed by atoms with Crippen LogP contribution in [0.1, 0.15) is 12.2 Å². The highest BCUT2D eigenvalue weighted by Gasteiger charge is 2.14. The average molecular weight is 266 g/mol. The van der Waals surface area contributed by atoms with Gasteiger partial charge >= 0.3 is 0 Å². The minimum atomic E-state index is -0.310. The number of amides is 1. The van der Waals surface area contributed by atoms with E-state index in [1.165, 1.54) is 11.8 Å². The van der Waals surface area contributed by atoms with Crippen molar-refractivity contribution in [2.75, 3.05) is 5.75 Å². The van der Waals surface area contributed by atoms with E-state index in [9.17, 15) is 4.79 Å². The molecule has 0 saturated heterocycles. The molecule has 0 aromatic carbocycles. The van der Waals surface area contributed by atoms with Crippen molar-refractivity contribution in [1.82, 2.24) is 14.8 Å². The van der Waals surface area contributed by atoms with Crippen LogP contribution in [0.2, 0.25) is 0 Å². The van der Waals surface area contributed by atoms with Gasteiger partial charge in [0.25, 0.3) is 0 Å². The van der Waals surface area contributed by atoms with Crippen molar-refractivity contribution >= 4 is 17.7 Å². The molecule has 0 spiro atoms. The molecule has 0 saturated carbocycles. The van der Waals surface area contributed by atoms with E-state index in [0.717, 1.165) is 22.3 Å². The van der Waals surface area contributed by atoms with Crippen LogP contribution in [-0.4, -0.2) is 26.4 Å². The number of thioether (sulfide) groups is 1. The molecule has 2 N–H and O–H groups in total. The molecule has 2 heterocycles. The first-order valence-corrected chi connectivity index (χ1v) is 6.43. The summed E-state index contributed by atoms with van der Waals surface area (Å²) in [7, 11) is 1.88. The fourth-order valence-corrected chi connectivity index (χ4v) is 2.40. The summed E-state index contributed by atoms with van der Waals surface area (Å²) >= 11 is 1.46. The number of carbonyl (C=O) groups is 1. The van der Waals surface area contributed by atoms with E-state index in [0.29, 0.717) is 12.2 Å². The zero-order valence-corrected chi connectivity index (χ0v) is 11.0. The van der Waals surface area contributed by atoms with Gasteiger partial charge in [-0.3, -0.25) is 4.79 Å². The zero-order valence-electron chi connectivity index (χ0n) is 10.2. The average Bonchev–Trinajstić information content (AvgIpc) is 2.86. The number of nitrogens with two attached hydrogens (primary N) is 1. The molecule has 2 aromatic rings. The lowest BCUT2D eigenvalue weighted by Crippen LogP contribution is -2.11. The molecule has 0 unspecified atom stereocenters. The summed E-state index contributed by atoms with van der Waals surface area (Å²) < 4.78 is 7.13. The highest BCUT2D eigenvalue weighted by Crippen LogP contribution is 2.25. The van der Waals surface area contributed by atoms with Gasteiger partial charge in [0, 0.05) is 19.2 Å². The summed E-state index contributed by atoms with van der Waals surface area (Å²) in [6.07, 6.45) is 1.96. The topological polar surface area (TPSA) is 86.9 Å². The third-order valence-electron chi connectivity index (χ3n) is 2.51. The highest BCUT2D eigenvalue weighted by molar-refractivity contribution is 7.99. The number of rotatable bonds is 5. The maximum absolute atomic E-state index is 10.7. The quantitative estimate of drug-likeness (QED) is 0.825. The van der Waals surface area contributed by atoms with Crippen LogP contribution in [0.3, 0.4) is 0 Å². The summed E-state index contributed by atoms with van der Waals surface area (Å²) in [6, 6.07) is 1.86. The number of nitrogens with zero attached hydrogens (tertiary/aromatic N) is 3. The first kappa shape index (κ1) is 12.7. The van der Waals surface area contributed by atoms with Gasteiger partial charge in [-0.15, -0.1) is 10.2 Å². The summed E-state index contributed by atoms with van der Waals surface area (Å²) in [5.74, 6) is 1.85. The van der Waals surface area contributed by atoms with E-state index in [1.807, 2.05) is 24.6 Å². The Balaban J connectivity index is 2.14. The lowest BCUT2D eigenvalue weighted by molar-refractivity contribution is -0.117. The number of primary amides is 1. The lowest BCUT2D eigenvalue weighted by Gasteiger charge is -2.02. The minimum Gasteiger partial charge on any atom is -0.469 e. The SMILES string of the molecule is Cc1occc1-c1nnc(SCCC(N)=O)n1C. The molecular formula is C11H14N4O2S. The van der Waals surface area contributed by atoms with Gasteiger partial charge in [0.1, 0.15) is 5.76 Å². The van der Waals surface area contributed by atoms with E-state index in [-0.39, 0.29) is 5.91 Å². The Morgan fingerprint density at radius 1 is 1.56 bits per heavy atom. The van der Waals surface area contributed by atoms with Crippen LogP contribution in [0.15, 0.2) is 21.9 Å². The van der Waals surface area contributed by atoms with Crippen LogP contribution in [-0.2, 0) is 11.8 Å². The number of hydrogen-bond donors (Lipinski definition) is 1. The van der Waals surface area contributed by atoms with Crippen molar-refractivity contribution < 1.29 is 9.21 Å². The monoisotopic (exact) mass is 266 g/mol. The Kier molecular flexibility index (Phi) is 3.71. The standard InChI is InChI=1S/C11H14N4O2S/c1-7-8(3-5-17-7)10-13-14-11(15(10)2)18-6-4-9(12)16/h3,5H,4,6H2,1-2H3,(H2,12,16). The third kappa shape index (κ3) is 2.56. The molecule has 0 aliphatic heterocycles. The molecule has 0 aliphatic rings. The molecule has 2 rings (SSSR count). The van der Waals surface area contributed by atoms with Gasteiger partial charge in [-0.2, -0.15) is 0 Å². The first-order valence-electron chi connectivity index (χ1n) is 5.44. The van der Waals surface area contributed by atoms with E-state index in [1.54, 1.807) is 6.26 Å². The number of hydrogen-bond acceptors (Lipinski definition) is 5. The van der Waals surface area contributed by atoms with Crippen LogP contribution >= 0.6 is 11.8 Å². The van der Waals surface area contributed by atoms with Crippen LogP contribution in [0.4, 0.5) is 0 Å². The Morgan fingerprint density at radius 2 is 2.33 bits per heavy atom. The van der Waals surface area contributed by atoms with Crippen molar-refractivity contribution in [3.63, 3.8) is 0 Å². The summed E-state index contributed by atoms with van der Waals surface area (Å²) in [5, 5.41) is 8.98. The molecule has 0 aliphatic carbocycles. The van der Waals surface area contributed by atoms with Crippen LogP contribution in [0, 0.1) is 6.92 Å². The number of aryl methyl sites for hydroxylation is 1. The van der Waals surface area contributed by atoms with Crippen LogP contribution in [0.5, 0.6) is 0 Å². The Labute approximate surface area is 109 Å². The van der Waals surface area contributed by atoms with Crippen molar-refractivity contribution in [3.05, 3.63) is 18.1 Å². The predicted octanol–water partition coefficient (Wildman–Crippen LogP) is 1.35. The van der Waals surface area contributed by atoms with Crippen molar-refractivity contribution in [2.45, 2.75) is 18.5 Å². The Morgan fingerprint density at radius 3 is 2.94 bits per heavy atom. The highest BCUT2D eigenvalue weighted by atomic mass is 32.2. The van der Waals surface area contributed by atoms with Crippen LogP contribution < -0.4 is 5.73 Å². The second-order valence-corrected chi connectivity index (χ2v) is 4.88. The molecule has 2 aromatic heterocycles. The molecule has 7 heteroatoms. The number of carbonyl (C=O) groups excluding carboxylic acids is 1. The van der Waals surface area contributed by atoms with Gasteiger partial charge in [0.05, 0.1) is 11.8 Å². The van der Waals surface area contributed by atoms with Gasteiger partial charge in [-0.1, -0.05) is 11.8 Å². The van der Waals surface area contributed by atoms with Crippen molar-refractivity contribution in [3.8, 4) is 11.4 Å². The maximum Gasteiger partial charge on any atom is 0.218 e. The van der Waals surface area contributed by atoms with Crippen LogP contribution in [0.25, 0.3) is 11.4 Å². The van der Waals surface area contributed by atoms with Gasteiger partial charge in [-0.25, -0.2) is 0 Å². The van der Waals surface area contributed by atoms with Gasteiger partial charge in [-0.05, 0) is 13.0 Å². The van der Waals surface area contributed by atoms with E-state index < -0.39 is 0 Å². The molecule has 1 amide bonds. The Bertz CT molecular complexity index is 561. The minimum absolute atomic E-state index is 0.310. The van der Waals surface area contributed by atoms with E-state index in [2.05, 4.69) is 10.2 Å². The predicted molar refractivity (Wildman–Crippen MR) is 68.0 cm³/mol. The lowest BCUT2D eigenvalue weighted by atomic mass is 10.2. The second kappa shape index (κ2) is 5.26. The summed E-state index contributed by atoms with van der Waals surface area (Å²) in [4.78, 5) is 10.7. The summed E-state index contributed by atoms with van der Waals surface area (Å²) in [5.41, 5.74) is 6.01. The molecule has 0 atom stereocenters. The first-order chi connectivity index (χ1) is 8.59. The molecule has 6 nitrogen and oxygen atoms in total. The smallest absolute Gasteiger partial charge is 0.218 e. The van der Waals surface area contributed by atoms with Crippen molar-refractivity contribution in [2.24, 2.45) is 12.8 Å². The number of furan rings is 1. The fraction of sp³-hybridized carbons (Fsp3) is 0.364. The molecular weight excluding hydrogens is 252 g/mol. The van der Waals surface area contributed by atoms with Crippen molar-refractivity contribution in [1.29, 1.82) is 0 Å². The third-order valence-corrected chi connectivity index (χ3v) is 3.54. The molecule has 0 fully saturated rings. The summed E-state index contributed by atoms with van der Waals surface area (Å²) in [6.45, 7) is 1.88. The zero-order chi connectivity index (χ0) is 13.1. The van der Waals surface area contributed by atoms with E-state index in [4.69, 9.17) is 10.2 Å². The largest absolute Gasteiger partial charge is 0.469 e. The normalized spacial score (nSPS) is 10.8. The molecule has 96 valence electrons. The van der Waals surface area contributed by atoms with Gasteiger partial charge in [0.15, 0.2) is 11.0 Å². The Hall–Kier alpha value is -1.76. The number of aromatic nitrogens is 3. The van der Waals surface area contributed by atoms with Gasteiger partial charge in [0.2, 0.25) is 5.91 Å². The second-order valence-electron chi connectivity index (χ2n) is 3.82. The molecule has 18 heavy (non-hydrogen) atoms. The molecule has 0 radical (unpaired) electrons. The maximum atomic E-state index is 10.7.